The van der Waals surface area contributed by atoms with E-state index in [1.807, 2.05) is 0 Å². The van der Waals surface area contributed by atoms with Gasteiger partial charge in [-0.05, 0) is 63.5 Å². The first-order chi connectivity index (χ1) is 14.4. The van der Waals surface area contributed by atoms with E-state index < -0.39 is 33.3 Å². The van der Waals surface area contributed by atoms with Gasteiger partial charge >= 0.3 is 0 Å². The zero-order chi connectivity index (χ0) is 21.2. The zero-order valence-corrected chi connectivity index (χ0v) is 17.8. The van der Waals surface area contributed by atoms with Gasteiger partial charge in [0, 0.05) is 30.1 Å². The Hall–Kier alpha value is -1.74. The summed E-state index contributed by atoms with van der Waals surface area (Å²) < 4.78 is 42.1. The molecule has 7 nitrogen and oxygen atoms in total. The highest BCUT2D eigenvalue weighted by Gasteiger charge is 2.42. The van der Waals surface area contributed by atoms with Crippen LogP contribution in [0.1, 0.15) is 61.9 Å². The minimum absolute atomic E-state index is 0.0483. The molecule has 3 unspecified atom stereocenters. The number of carbonyl (C=O) groups excluding carboxylic acids is 2. The molecule has 3 fully saturated rings. The van der Waals surface area contributed by atoms with Gasteiger partial charge in [-0.2, -0.15) is 4.36 Å². The fourth-order valence-corrected chi connectivity index (χ4v) is 7.01. The average Bonchev–Trinajstić information content (AvgIpc) is 3.26. The predicted octanol–water partition coefficient (Wildman–Crippen LogP) is 3.24. The van der Waals surface area contributed by atoms with Gasteiger partial charge < -0.3 is 14.5 Å². The molecule has 3 heterocycles. The van der Waals surface area contributed by atoms with Crippen LogP contribution in [0.2, 0.25) is 0 Å². The van der Waals surface area contributed by atoms with Crippen molar-refractivity contribution in [2.45, 2.75) is 69.2 Å². The maximum Gasteiger partial charge on any atom is 0.287 e. The molecular weight excluding hydrogens is 411 g/mol. The first-order valence-corrected chi connectivity index (χ1v) is 12.6. The van der Waals surface area contributed by atoms with Crippen LogP contribution in [-0.4, -0.2) is 52.0 Å². The van der Waals surface area contributed by atoms with Gasteiger partial charge in [-0.3, -0.25) is 9.59 Å². The lowest BCUT2D eigenvalue weighted by Crippen LogP contribution is -2.52. The van der Waals surface area contributed by atoms with E-state index in [0.717, 1.165) is 0 Å². The summed E-state index contributed by atoms with van der Waals surface area (Å²) in [4.78, 5) is 24.7. The number of furan rings is 1. The fraction of sp³-hybridized carbons (Fsp3) is 0.714. The van der Waals surface area contributed by atoms with Crippen molar-refractivity contribution in [3.8, 4) is 0 Å². The lowest BCUT2D eigenvalue weighted by atomic mass is 9.85. The molecule has 2 saturated heterocycles. The van der Waals surface area contributed by atoms with Crippen LogP contribution in [0.4, 0.5) is 4.39 Å². The monoisotopic (exact) mass is 440 g/mol. The van der Waals surface area contributed by atoms with Crippen LogP contribution < -0.4 is 5.32 Å². The van der Waals surface area contributed by atoms with Gasteiger partial charge in [0.2, 0.25) is 0 Å². The number of alkyl halides is 1. The maximum atomic E-state index is 13.6. The normalized spacial score (nSPS) is 36.9. The zero-order valence-electron chi connectivity index (χ0n) is 17.0. The van der Waals surface area contributed by atoms with Gasteiger partial charge in [0.05, 0.1) is 21.6 Å². The van der Waals surface area contributed by atoms with Crippen LogP contribution in [0.3, 0.4) is 0 Å². The van der Waals surface area contributed by atoms with Crippen molar-refractivity contribution in [2.75, 3.05) is 18.1 Å². The number of amides is 2. The highest BCUT2D eigenvalue weighted by molar-refractivity contribution is 7.93. The number of hydrogen-bond acceptors (Lipinski definition) is 5. The number of hydrogen-bond donors (Lipinski definition) is 1. The van der Waals surface area contributed by atoms with Crippen molar-refractivity contribution in [3.05, 3.63) is 24.2 Å². The summed E-state index contributed by atoms with van der Waals surface area (Å²) >= 11 is 0. The molecule has 1 N–H and O–H groups in total. The van der Waals surface area contributed by atoms with Crippen molar-refractivity contribution < 1.29 is 27.3 Å². The van der Waals surface area contributed by atoms with E-state index in [1.54, 1.807) is 12.1 Å². The van der Waals surface area contributed by atoms with Crippen molar-refractivity contribution in [1.29, 1.82) is 0 Å². The molecule has 1 saturated carbocycles. The molecule has 30 heavy (non-hydrogen) atoms. The fourth-order valence-electron chi connectivity index (χ4n) is 4.77. The molecule has 2 amide bonds. The minimum Gasteiger partial charge on any atom is -0.459 e. The summed E-state index contributed by atoms with van der Waals surface area (Å²) in [5.41, 5.74) is -0.451. The Morgan fingerprint density at radius 2 is 2.03 bits per heavy atom. The Morgan fingerprint density at radius 1 is 1.23 bits per heavy atom. The van der Waals surface area contributed by atoms with Crippen LogP contribution in [0.5, 0.6) is 0 Å². The second kappa shape index (κ2) is 8.78. The van der Waals surface area contributed by atoms with Gasteiger partial charge in [-0.1, -0.05) is 0 Å². The third kappa shape index (κ3) is 4.94. The van der Waals surface area contributed by atoms with Crippen molar-refractivity contribution in [1.82, 2.24) is 5.32 Å². The first-order valence-electron chi connectivity index (χ1n) is 10.8. The van der Waals surface area contributed by atoms with E-state index in [9.17, 15) is 18.2 Å². The number of rotatable bonds is 3. The van der Waals surface area contributed by atoms with Crippen LogP contribution >= 0.6 is 0 Å². The summed E-state index contributed by atoms with van der Waals surface area (Å²) in [5.74, 6) is -0.215. The Morgan fingerprint density at radius 3 is 2.73 bits per heavy atom. The Kier molecular flexibility index (Phi) is 6.29. The maximum absolute atomic E-state index is 13.6. The molecule has 3 aliphatic rings. The highest BCUT2D eigenvalue weighted by Crippen LogP contribution is 2.37. The van der Waals surface area contributed by atoms with E-state index >= 15 is 0 Å². The molecule has 9 heteroatoms. The molecule has 3 atom stereocenters. The number of nitrogens with zero attached hydrogens (tertiary/aromatic N) is 1. The van der Waals surface area contributed by atoms with Crippen LogP contribution in [0.15, 0.2) is 27.2 Å². The molecule has 1 aliphatic carbocycles. The first kappa shape index (κ1) is 21.5. The van der Waals surface area contributed by atoms with Crippen molar-refractivity contribution in [2.24, 2.45) is 10.3 Å². The second-order valence-electron chi connectivity index (χ2n) is 8.74. The van der Waals surface area contributed by atoms with E-state index in [-0.39, 0.29) is 24.1 Å². The molecule has 2 aliphatic heterocycles. The van der Waals surface area contributed by atoms with Crippen molar-refractivity contribution >= 4 is 21.5 Å². The largest absolute Gasteiger partial charge is 0.459 e. The quantitative estimate of drug-likeness (QED) is 0.778. The summed E-state index contributed by atoms with van der Waals surface area (Å²) in [6.45, 7) is 0.514. The number of carbonyl (C=O) groups is 2. The number of nitrogens with one attached hydrogen (secondary N) is 1. The minimum atomic E-state index is -2.64. The van der Waals surface area contributed by atoms with Gasteiger partial charge in [0.25, 0.3) is 11.8 Å². The van der Waals surface area contributed by atoms with E-state index in [2.05, 4.69) is 9.68 Å². The molecule has 4 rings (SSSR count). The lowest BCUT2D eigenvalue weighted by Gasteiger charge is -2.44. The summed E-state index contributed by atoms with van der Waals surface area (Å²) in [6.07, 6.45) is 4.91. The standard InChI is InChI=1S/C21H29FN2O5S/c22-16-4-1-3-15(13-16)19(25)24-30(27)11-7-21(8-12-30)14-17(6-10-29-21)23-20(26)18-5-2-9-28-18/h2,5,9,15-17H,1,3-4,6-8,10-14H2,(H,23,26). The third-order valence-electron chi connectivity index (χ3n) is 6.54. The highest BCUT2D eigenvalue weighted by atomic mass is 32.2. The average molecular weight is 441 g/mol. The van der Waals surface area contributed by atoms with Crippen molar-refractivity contribution in [3.63, 3.8) is 0 Å². The van der Waals surface area contributed by atoms with Gasteiger partial charge in [0.15, 0.2) is 5.76 Å². The molecule has 1 aromatic rings. The molecule has 0 bridgehead atoms. The van der Waals surface area contributed by atoms with Crippen LogP contribution in [0.25, 0.3) is 0 Å². The summed E-state index contributed by atoms with van der Waals surface area (Å²) in [7, 11) is -2.64. The van der Waals surface area contributed by atoms with Gasteiger partial charge in [-0.15, -0.1) is 0 Å². The topological polar surface area (TPSA) is 98.0 Å². The lowest BCUT2D eigenvalue weighted by molar-refractivity contribution is -0.123. The number of ether oxygens (including phenoxy) is 1. The summed E-state index contributed by atoms with van der Waals surface area (Å²) in [6, 6.07) is 3.24. The molecule has 166 valence electrons. The van der Waals surface area contributed by atoms with Crippen LogP contribution in [0, 0.1) is 5.92 Å². The Balaban J connectivity index is 1.36. The molecule has 0 aromatic carbocycles. The molecule has 1 aromatic heterocycles. The Labute approximate surface area is 176 Å². The molecule has 1 spiro atoms. The van der Waals surface area contributed by atoms with Crippen LogP contribution in [-0.2, 0) is 19.3 Å². The van der Waals surface area contributed by atoms with E-state index in [1.165, 1.54) is 6.26 Å². The van der Waals surface area contributed by atoms with Gasteiger partial charge in [-0.25, -0.2) is 8.60 Å². The third-order valence-corrected chi connectivity index (χ3v) is 8.74. The summed E-state index contributed by atoms with van der Waals surface area (Å²) in [5, 5.41) is 3.00. The number of halogens is 1. The Bertz CT molecular complexity index is 879. The van der Waals surface area contributed by atoms with E-state index in [4.69, 9.17) is 9.15 Å². The second-order valence-corrected chi connectivity index (χ2v) is 11.3. The molecule has 0 radical (unpaired) electrons. The molecular formula is C21H29FN2O5S. The predicted molar refractivity (Wildman–Crippen MR) is 109 cm³/mol. The smallest absolute Gasteiger partial charge is 0.287 e. The SMILES string of the molecule is O=C(NC1CCOC2(CCS(=O)(=NC(=O)C3CCCC(F)C3)CC2)C1)c1ccco1. The van der Waals surface area contributed by atoms with E-state index in [0.29, 0.717) is 63.1 Å². The van der Waals surface area contributed by atoms with Gasteiger partial charge in [0.1, 0.15) is 6.17 Å².